The molecule has 0 spiro atoms. The van der Waals surface area contributed by atoms with E-state index in [9.17, 15) is 9.59 Å². The lowest BCUT2D eigenvalue weighted by atomic mass is 9.92. The zero-order chi connectivity index (χ0) is 17.1. The molecule has 2 aliphatic rings. The highest BCUT2D eigenvalue weighted by Gasteiger charge is 2.31. The number of carbonyl (C=O) groups is 2. The minimum absolute atomic E-state index is 0.0903. The minimum atomic E-state index is 0.0903. The van der Waals surface area contributed by atoms with Crippen LogP contribution in [0.4, 0.5) is 0 Å². The molecule has 1 aromatic carbocycles. The van der Waals surface area contributed by atoms with Crippen molar-refractivity contribution in [3.63, 3.8) is 0 Å². The first kappa shape index (κ1) is 17.0. The Hall–Kier alpha value is -1.84. The molecule has 2 fully saturated rings. The van der Waals surface area contributed by atoms with Crippen molar-refractivity contribution in [3.8, 4) is 0 Å². The van der Waals surface area contributed by atoms with Crippen molar-refractivity contribution in [2.75, 3.05) is 26.2 Å². The van der Waals surface area contributed by atoms with Gasteiger partial charge in [0.15, 0.2) is 0 Å². The maximum absolute atomic E-state index is 12.7. The first-order chi connectivity index (χ1) is 11.5. The van der Waals surface area contributed by atoms with Crippen LogP contribution in [0.1, 0.15) is 48.5 Å². The van der Waals surface area contributed by atoms with Gasteiger partial charge in [0.25, 0.3) is 5.91 Å². The van der Waals surface area contributed by atoms with E-state index < -0.39 is 0 Å². The maximum atomic E-state index is 12.7. The third kappa shape index (κ3) is 3.80. The van der Waals surface area contributed by atoms with Crippen LogP contribution in [0, 0.1) is 18.8 Å². The Morgan fingerprint density at radius 2 is 1.62 bits per heavy atom. The molecule has 2 heterocycles. The fraction of sp³-hybridized carbons (Fsp3) is 0.600. The average molecular weight is 328 g/mol. The molecule has 130 valence electrons. The second kappa shape index (κ2) is 7.37. The van der Waals surface area contributed by atoms with Crippen molar-refractivity contribution in [2.24, 2.45) is 11.8 Å². The molecule has 3 rings (SSSR count). The number of benzene rings is 1. The number of rotatable bonds is 2. The molecule has 4 heteroatoms. The lowest BCUT2D eigenvalue weighted by Gasteiger charge is -2.37. The Bertz CT molecular complexity index is 588. The molecule has 0 saturated carbocycles. The molecule has 1 atom stereocenters. The largest absolute Gasteiger partial charge is 0.342 e. The van der Waals surface area contributed by atoms with E-state index in [2.05, 4.69) is 11.8 Å². The van der Waals surface area contributed by atoms with Gasteiger partial charge in [0, 0.05) is 37.7 Å². The van der Waals surface area contributed by atoms with Crippen molar-refractivity contribution in [1.29, 1.82) is 0 Å². The average Bonchev–Trinajstić information content (AvgIpc) is 2.61. The van der Waals surface area contributed by atoms with Gasteiger partial charge in [0.1, 0.15) is 0 Å². The first-order valence-electron chi connectivity index (χ1n) is 9.19. The summed E-state index contributed by atoms with van der Waals surface area (Å²) in [5.41, 5.74) is 1.90. The van der Waals surface area contributed by atoms with Gasteiger partial charge >= 0.3 is 0 Å². The van der Waals surface area contributed by atoms with Gasteiger partial charge in [-0.15, -0.1) is 0 Å². The molecule has 0 aromatic heterocycles. The van der Waals surface area contributed by atoms with E-state index in [0.29, 0.717) is 24.9 Å². The molecular weight excluding hydrogens is 300 g/mol. The number of amides is 2. The van der Waals surface area contributed by atoms with E-state index in [0.717, 1.165) is 43.5 Å². The van der Waals surface area contributed by atoms with Crippen molar-refractivity contribution in [3.05, 3.63) is 35.4 Å². The van der Waals surface area contributed by atoms with Crippen LogP contribution in [0.2, 0.25) is 0 Å². The van der Waals surface area contributed by atoms with Gasteiger partial charge in [-0.3, -0.25) is 9.59 Å². The molecular formula is C20H28N2O2. The van der Waals surface area contributed by atoms with Gasteiger partial charge in [-0.1, -0.05) is 24.6 Å². The fourth-order valence-corrected chi connectivity index (χ4v) is 3.86. The molecule has 2 aliphatic heterocycles. The molecule has 0 N–H and O–H groups in total. The Labute approximate surface area is 144 Å². The summed E-state index contributed by atoms with van der Waals surface area (Å²) in [5, 5.41) is 0. The van der Waals surface area contributed by atoms with Crippen molar-refractivity contribution in [1.82, 2.24) is 9.80 Å². The number of carbonyl (C=O) groups excluding carboxylic acids is 2. The van der Waals surface area contributed by atoms with E-state index in [1.165, 1.54) is 6.42 Å². The number of hydrogen-bond acceptors (Lipinski definition) is 2. The lowest BCUT2D eigenvalue weighted by molar-refractivity contribution is -0.138. The lowest BCUT2D eigenvalue weighted by Crippen LogP contribution is -2.47. The van der Waals surface area contributed by atoms with Crippen LogP contribution in [0.25, 0.3) is 0 Å². The number of hydrogen-bond donors (Lipinski definition) is 0. The van der Waals surface area contributed by atoms with E-state index in [-0.39, 0.29) is 11.8 Å². The van der Waals surface area contributed by atoms with Crippen molar-refractivity contribution in [2.45, 2.75) is 39.5 Å². The van der Waals surface area contributed by atoms with Gasteiger partial charge < -0.3 is 9.80 Å². The third-order valence-corrected chi connectivity index (χ3v) is 5.40. The van der Waals surface area contributed by atoms with Crippen molar-refractivity contribution >= 4 is 11.8 Å². The quantitative estimate of drug-likeness (QED) is 0.837. The number of piperidine rings is 2. The summed E-state index contributed by atoms with van der Waals surface area (Å²) >= 11 is 0. The fourth-order valence-electron chi connectivity index (χ4n) is 3.86. The molecule has 0 radical (unpaired) electrons. The molecule has 1 aromatic rings. The summed E-state index contributed by atoms with van der Waals surface area (Å²) in [6.45, 7) is 7.43. The third-order valence-electron chi connectivity index (χ3n) is 5.40. The van der Waals surface area contributed by atoms with Gasteiger partial charge in [0.05, 0.1) is 0 Å². The molecule has 1 unspecified atom stereocenters. The number of likely N-dealkylation sites (tertiary alicyclic amines) is 2. The van der Waals surface area contributed by atoms with E-state index in [1.807, 2.05) is 36.1 Å². The molecule has 0 bridgehead atoms. The van der Waals surface area contributed by atoms with E-state index >= 15 is 0 Å². The molecule has 2 amide bonds. The first-order valence-corrected chi connectivity index (χ1v) is 9.19. The summed E-state index contributed by atoms with van der Waals surface area (Å²) in [6.07, 6.45) is 3.94. The number of aryl methyl sites for hydroxylation is 1. The smallest absolute Gasteiger partial charge is 0.253 e. The second-order valence-electron chi connectivity index (χ2n) is 7.46. The number of nitrogens with zero attached hydrogens (tertiary/aromatic N) is 2. The predicted molar refractivity (Wildman–Crippen MR) is 94.8 cm³/mol. The van der Waals surface area contributed by atoms with Crippen LogP contribution >= 0.6 is 0 Å². The Morgan fingerprint density at radius 1 is 0.958 bits per heavy atom. The molecule has 0 aliphatic carbocycles. The summed E-state index contributed by atoms with van der Waals surface area (Å²) in [6, 6.07) is 7.73. The van der Waals surface area contributed by atoms with Gasteiger partial charge in [-0.25, -0.2) is 0 Å². The Kier molecular flexibility index (Phi) is 5.22. The second-order valence-corrected chi connectivity index (χ2v) is 7.46. The Balaban J connectivity index is 1.54. The zero-order valence-corrected chi connectivity index (χ0v) is 14.8. The highest BCUT2D eigenvalue weighted by Crippen LogP contribution is 2.24. The monoisotopic (exact) mass is 328 g/mol. The van der Waals surface area contributed by atoms with Gasteiger partial charge in [-0.05, 0) is 50.7 Å². The topological polar surface area (TPSA) is 40.6 Å². The normalized spacial score (nSPS) is 22.5. The van der Waals surface area contributed by atoms with E-state index in [1.54, 1.807) is 0 Å². The summed E-state index contributed by atoms with van der Waals surface area (Å²) < 4.78 is 0. The molecule has 2 saturated heterocycles. The SMILES string of the molecule is Cc1ccc(C(=O)N2CCC(C(=O)N3CCCC(C)C3)CC2)cc1. The highest BCUT2D eigenvalue weighted by molar-refractivity contribution is 5.94. The Morgan fingerprint density at radius 3 is 2.25 bits per heavy atom. The van der Waals surface area contributed by atoms with Crippen LogP contribution in [0.5, 0.6) is 0 Å². The zero-order valence-electron chi connectivity index (χ0n) is 14.8. The molecule has 24 heavy (non-hydrogen) atoms. The summed E-state index contributed by atoms with van der Waals surface area (Å²) in [4.78, 5) is 29.2. The predicted octanol–water partition coefficient (Wildman–Crippen LogP) is 3.11. The maximum Gasteiger partial charge on any atom is 0.253 e. The van der Waals surface area contributed by atoms with Gasteiger partial charge in [0.2, 0.25) is 5.91 Å². The van der Waals surface area contributed by atoms with Crippen LogP contribution < -0.4 is 0 Å². The van der Waals surface area contributed by atoms with Crippen LogP contribution in [-0.4, -0.2) is 47.8 Å². The van der Waals surface area contributed by atoms with Crippen molar-refractivity contribution < 1.29 is 9.59 Å². The van der Waals surface area contributed by atoms with Crippen LogP contribution in [0.15, 0.2) is 24.3 Å². The summed E-state index contributed by atoms with van der Waals surface area (Å²) in [5.74, 6) is 1.11. The van der Waals surface area contributed by atoms with E-state index in [4.69, 9.17) is 0 Å². The summed E-state index contributed by atoms with van der Waals surface area (Å²) in [7, 11) is 0. The standard InChI is InChI=1S/C20H28N2O2/c1-15-5-7-17(8-6-15)19(23)21-12-9-18(10-13-21)20(24)22-11-3-4-16(2)14-22/h5-8,16,18H,3-4,9-14H2,1-2H3. The molecule has 4 nitrogen and oxygen atoms in total. The van der Waals surface area contributed by atoms with Crippen LogP contribution in [0.3, 0.4) is 0 Å². The van der Waals surface area contributed by atoms with Gasteiger partial charge in [-0.2, -0.15) is 0 Å². The minimum Gasteiger partial charge on any atom is -0.342 e. The van der Waals surface area contributed by atoms with Crippen LogP contribution in [-0.2, 0) is 4.79 Å². The highest BCUT2D eigenvalue weighted by atomic mass is 16.2.